The van der Waals surface area contributed by atoms with Crippen LogP contribution in [0.5, 0.6) is 0 Å². The molecule has 0 saturated carbocycles. The number of hydrogen-bond acceptors (Lipinski definition) is 5. The Labute approximate surface area is 118 Å². The minimum absolute atomic E-state index is 0.0836. The lowest BCUT2D eigenvalue weighted by Crippen LogP contribution is -2.32. The van der Waals surface area contributed by atoms with Crippen LogP contribution in [0.2, 0.25) is 0 Å². The predicted octanol–water partition coefficient (Wildman–Crippen LogP) is 2.70. The molecule has 0 aromatic carbocycles. The van der Waals surface area contributed by atoms with Gasteiger partial charge in [-0.2, -0.15) is 11.8 Å². The number of carbonyl (C=O) groups is 1. The van der Waals surface area contributed by atoms with Crippen LogP contribution in [0.25, 0.3) is 0 Å². The normalized spacial score (nSPS) is 11.3. The third-order valence-electron chi connectivity index (χ3n) is 3.48. The fraction of sp³-hybridized carbons (Fsp3) is 0.538. The van der Waals surface area contributed by atoms with Crippen molar-refractivity contribution in [2.24, 2.45) is 0 Å². The molecule has 0 aliphatic heterocycles. The Hall–Kier alpha value is -1.43. The molecule has 0 radical (unpaired) electrons. The van der Waals surface area contributed by atoms with Crippen LogP contribution < -0.4 is 11.1 Å². The standard InChI is InChI=1S/C13H21N3O2S/c1-4-13(5-2,19-3)8-16-11-6-9(12(17)18)10(14)7-15-11/h6-7H,4-5,8,14H2,1-3H3,(H,15,16)(H,17,18). The summed E-state index contributed by atoms with van der Waals surface area (Å²) in [7, 11) is 0. The minimum atomic E-state index is -1.04. The minimum Gasteiger partial charge on any atom is -0.478 e. The van der Waals surface area contributed by atoms with Crippen molar-refractivity contribution in [3.8, 4) is 0 Å². The molecule has 1 aromatic heterocycles. The topological polar surface area (TPSA) is 88.2 Å². The van der Waals surface area contributed by atoms with Gasteiger partial charge >= 0.3 is 5.97 Å². The van der Waals surface area contributed by atoms with Gasteiger partial charge in [-0.05, 0) is 25.2 Å². The zero-order valence-electron chi connectivity index (χ0n) is 11.6. The molecule has 0 amide bonds. The molecule has 0 unspecified atom stereocenters. The molecule has 106 valence electrons. The number of aromatic nitrogens is 1. The van der Waals surface area contributed by atoms with Crippen LogP contribution >= 0.6 is 11.8 Å². The van der Waals surface area contributed by atoms with Gasteiger partial charge in [-0.25, -0.2) is 9.78 Å². The first kappa shape index (κ1) is 15.6. The van der Waals surface area contributed by atoms with Gasteiger partial charge in [0.25, 0.3) is 0 Å². The summed E-state index contributed by atoms with van der Waals surface area (Å²) in [4.78, 5) is 15.1. The maximum atomic E-state index is 11.0. The highest BCUT2D eigenvalue weighted by Gasteiger charge is 2.24. The first-order valence-electron chi connectivity index (χ1n) is 6.26. The smallest absolute Gasteiger partial charge is 0.337 e. The van der Waals surface area contributed by atoms with Gasteiger partial charge < -0.3 is 16.2 Å². The molecule has 1 heterocycles. The Morgan fingerprint density at radius 3 is 2.63 bits per heavy atom. The van der Waals surface area contributed by atoms with Crippen molar-refractivity contribution in [1.29, 1.82) is 0 Å². The van der Waals surface area contributed by atoms with Crippen LogP contribution in [0.15, 0.2) is 12.3 Å². The second-order valence-electron chi connectivity index (χ2n) is 4.41. The quantitative estimate of drug-likeness (QED) is 0.713. The highest BCUT2D eigenvalue weighted by molar-refractivity contribution is 8.00. The molecule has 0 aliphatic carbocycles. The van der Waals surface area contributed by atoms with E-state index in [1.165, 1.54) is 12.3 Å². The summed E-state index contributed by atoms with van der Waals surface area (Å²) in [5.41, 5.74) is 5.84. The second kappa shape index (κ2) is 6.65. The summed E-state index contributed by atoms with van der Waals surface area (Å²) in [6.45, 7) is 5.05. The number of carboxylic acids is 1. The number of aromatic carboxylic acids is 1. The van der Waals surface area contributed by atoms with Gasteiger partial charge in [0, 0.05) is 11.3 Å². The average molecular weight is 283 g/mol. The van der Waals surface area contributed by atoms with Gasteiger partial charge in [0.15, 0.2) is 0 Å². The zero-order valence-corrected chi connectivity index (χ0v) is 12.4. The molecule has 19 heavy (non-hydrogen) atoms. The summed E-state index contributed by atoms with van der Waals surface area (Å²) in [6.07, 6.45) is 5.55. The average Bonchev–Trinajstić information content (AvgIpc) is 2.42. The number of nitrogens with one attached hydrogen (secondary N) is 1. The van der Waals surface area contributed by atoms with Gasteiger partial charge in [-0.1, -0.05) is 13.8 Å². The predicted molar refractivity (Wildman–Crippen MR) is 80.9 cm³/mol. The lowest BCUT2D eigenvalue weighted by atomic mass is 10.0. The molecule has 4 N–H and O–H groups in total. The Morgan fingerprint density at radius 1 is 1.53 bits per heavy atom. The molecule has 0 saturated heterocycles. The number of nitrogen functional groups attached to an aromatic ring is 1. The molecule has 0 spiro atoms. The van der Waals surface area contributed by atoms with Gasteiger partial charge in [-0.3, -0.25) is 0 Å². The molecule has 0 bridgehead atoms. The highest BCUT2D eigenvalue weighted by Crippen LogP contribution is 2.30. The summed E-state index contributed by atoms with van der Waals surface area (Å²) >= 11 is 1.82. The number of nitrogens with zero attached hydrogens (tertiary/aromatic N) is 1. The molecule has 1 rings (SSSR count). The van der Waals surface area contributed by atoms with E-state index < -0.39 is 5.97 Å². The Morgan fingerprint density at radius 2 is 2.16 bits per heavy atom. The number of carboxylic acid groups (broad SMARTS) is 1. The van der Waals surface area contributed by atoms with Gasteiger partial charge in [-0.15, -0.1) is 0 Å². The number of hydrogen-bond donors (Lipinski definition) is 3. The molecule has 0 aliphatic rings. The fourth-order valence-electron chi connectivity index (χ4n) is 1.86. The van der Waals surface area contributed by atoms with Crippen LogP contribution in [0.1, 0.15) is 37.0 Å². The molecule has 1 aromatic rings. The fourth-order valence-corrected chi connectivity index (χ4v) is 2.65. The molecule has 5 nitrogen and oxygen atoms in total. The van der Waals surface area contributed by atoms with E-state index in [1.807, 2.05) is 11.8 Å². The molecular weight excluding hydrogens is 262 g/mol. The van der Waals surface area contributed by atoms with Crippen molar-refractivity contribution >= 4 is 29.2 Å². The van der Waals surface area contributed by atoms with Crippen molar-refractivity contribution in [2.45, 2.75) is 31.4 Å². The number of thioether (sulfide) groups is 1. The Bertz CT molecular complexity index is 439. The van der Waals surface area contributed by atoms with Gasteiger partial charge in [0.1, 0.15) is 5.82 Å². The summed E-state index contributed by atoms with van der Waals surface area (Å²) in [5.74, 6) is -0.489. The van der Waals surface area contributed by atoms with Crippen molar-refractivity contribution in [3.63, 3.8) is 0 Å². The van der Waals surface area contributed by atoms with E-state index in [4.69, 9.17) is 10.8 Å². The van der Waals surface area contributed by atoms with E-state index in [0.29, 0.717) is 5.82 Å². The summed E-state index contributed by atoms with van der Waals surface area (Å²) in [5, 5.41) is 12.2. The van der Waals surface area contributed by atoms with Crippen LogP contribution in [0, 0.1) is 0 Å². The van der Waals surface area contributed by atoms with E-state index in [9.17, 15) is 4.79 Å². The lowest BCUT2D eigenvalue weighted by Gasteiger charge is -2.30. The van der Waals surface area contributed by atoms with Crippen molar-refractivity contribution < 1.29 is 9.90 Å². The first-order valence-corrected chi connectivity index (χ1v) is 7.48. The second-order valence-corrected chi connectivity index (χ2v) is 5.68. The SMILES string of the molecule is CCC(CC)(CNc1cc(C(=O)O)c(N)cn1)SC. The van der Waals surface area contributed by atoms with Crippen LogP contribution in [-0.4, -0.2) is 33.6 Å². The third-order valence-corrected chi connectivity index (χ3v) is 5.07. The van der Waals surface area contributed by atoms with E-state index in [1.54, 1.807) is 0 Å². The molecule has 0 atom stereocenters. The number of rotatable bonds is 7. The third kappa shape index (κ3) is 3.76. The van der Waals surface area contributed by atoms with E-state index in [-0.39, 0.29) is 16.0 Å². The van der Waals surface area contributed by atoms with E-state index >= 15 is 0 Å². The zero-order chi connectivity index (χ0) is 14.5. The van der Waals surface area contributed by atoms with Crippen LogP contribution in [0.4, 0.5) is 11.5 Å². The van der Waals surface area contributed by atoms with Crippen molar-refractivity contribution in [2.75, 3.05) is 23.9 Å². The summed E-state index contributed by atoms with van der Waals surface area (Å²) < 4.78 is 0.145. The molecule has 0 fully saturated rings. The number of nitrogens with two attached hydrogens (primary N) is 1. The van der Waals surface area contributed by atoms with Crippen molar-refractivity contribution in [1.82, 2.24) is 4.98 Å². The van der Waals surface area contributed by atoms with Crippen LogP contribution in [-0.2, 0) is 0 Å². The maximum Gasteiger partial charge on any atom is 0.337 e. The monoisotopic (exact) mass is 283 g/mol. The van der Waals surface area contributed by atoms with Gasteiger partial charge in [0.2, 0.25) is 0 Å². The molecule has 6 heteroatoms. The Balaban J connectivity index is 2.83. The highest BCUT2D eigenvalue weighted by atomic mass is 32.2. The Kier molecular flexibility index (Phi) is 5.47. The van der Waals surface area contributed by atoms with Crippen LogP contribution in [0.3, 0.4) is 0 Å². The lowest BCUT2D eigenvalue weighted by molar-refractivity contribution is 0.0698. The largest absolute Gasteiger partial charge is 0.478 e. The maximum absolute atomic E-state index is 11.0. The van der Waals surface area contributed by atoms with E-state index in [0.717, 1.165) is 19.4 Å². The van der Waals surface area contributed by atoms with Crippen molar-refractivity contribution in [3.05, 3.63) is 17.8 Å². The number of pyridine rings is 1. The van der Waals surface area contributed by atoms with E-state index in [2.05, 4.69) is 30.4 Å². The van der Waals surface area contributed by atoms with Gasteiger partial charge in [0.05, 0.1) is 17.4 Å². The summed E-state index contributed by atoms with van der Waals surface area (Å²) in [6, 6.07) is 1.48. The first-order chi connectivity index (χ1) is 8.98. The molecular formula is C13H21N3O2S. The number of anilines is 2.